The Morgan fingerprint density at radius 1 is 1.58 bits per heavy atom. The van der Waals surface area contributed by atoms with Gasteiger partial charge in [0, 0.05) is 12.4 Å². The number of hydrogen-bond donors (Lipinski definition) is 2. The van der Waals surface area contributed by atoms with E-state index in [0.29, 0.717) is 0 Å². The van der Waals surface area contributed by atoms with Crippen molar-refractivity contribution in [2.75, 3.05) is 5.43 Å². The van der Waals surface area contributed by atoms with Crippen molar-refractivity contribution in [3.05, 3.63) is 24.5 Å². The van der Waals surface area contributed by atoms with Crippen LogP contribution >= 0.6 is 0 Å². The van der Waals surface area contributed by atoms with Gasteiger partial charge >= 0.3 is 5.97 Å². The van der Waals surface area contributed by atoms with Crippen molar-refractivity contribution < 1.29 is 9.90 Å². The first-order valence-corrected chi connectivity index (χ1v) is 3.80. The molecule has 4 heteroatoms. The van der Waals surface area contributed by atoms with E-state index in [2.05, 4.69) is 5.43 Å². The molecule has 0 aliphatic heterocycles. The fraction of sp³-hybridized carbons (Fsp3) is 0.375. The Balaban J connectivity index is 2.36. The maximum atomic E-state index is 10.3. The van der Waals surface area contributed by atoms with E-state index in [1.807, 2.05) is 31.5 Å². The van der Waals surface area contributed by atoms with Gasteiger partial charge in [-0.2, -0.15) is 0 Å². The molecule has 1 aromatic rings. The molecular formula is C8H12N2O2. The van der Waals surface area contributed by atoms with E-state index in [1.54, 1.807) is 4.68 Å². The van der Waals surface area contributed by atoms with Crippen LogP contribution in [-0.2, 0) is 4.79 Å². The molecule has 1 rings (SSSR count). The van der Waals surface area contributed by atoms with Crippen molar-refractivity contribution in [3.8, 4) is 0 Å². The lowest BCUT2D eigenvalue weighted by molar-refractivity contribution is -0.137. The van der Waals surface area contributed by atoms with Crippen molar-refractivity contribution in [3.63, 3.8) is 0 Å². The van der Waals surface area contributed by atoms with E-state index < -0.39 is 5.97 Å². The minimum atomic E-state index is -0.790. The van der Waals surface area contributed by atoms with Gasteiger partial charge in [0.15, 0.2) is 0 Å². The molecule has 0 aromatic carbocycles. The number of carbonyl (C=O) groups is 1. The highest BCUT2D eigenvalue weighted by Gasteiger charge is 2.05. The average molecular weight is 168 g/mol. The molecule has 0 spiro atoms. The van der Waals surface area contributed by atoms with Crippen LogP contribution in [0.2, 0.25) is 0 Å². The topological polar surface area (TPSA) is 54.3 Å². The molecule has 1 aromatic heterocycles. The SMILES string of the molecule is CC(CC(=O)O)Nn1cccc1. The first kappa shape index (κ1) is 8.64. The van der Waals surface area contributed by atoms with E-state index in [4.69, 9.17) is 5.11 Å². The average Bonchev–Trinajstić information content (AvgIpc) is 2.37. The Hall–Kier alpha value is -1.45. The highest BCUT2D eigenvalue weighted by atomic mass is 16.4. The van der Waals surface area contributed by atoms with Crippen LogP contribution in [0, 0.1) is 0 Å². The second-order valence-corrected chi connectivity index (χ2v) is 2.72. The zero-order valence-electron chi connectivity index (χ0n) is 6.90. The molecule has 0 saturated carbocycles. The van der Waals surface area contributed by atoms with Crippen molar-refractivity contribution >= 4 is 5.97 Å². The Morgan fingerprint density at radius 2 is 2.17 bits per heavy atom. The van der Waals surface area contributed by atoms with Crippen LogP contribution in [0.25, 0.3) is 0 Å². The smallest absolute Gasteiger partial charge is 0.305 e. The first-order valence-electron chi connectivity index (χ1n) is 3.80. The van der Waals surface area contributed by atoms with Gasteiger partial charge in [0.2, 0.25) is 0 Å². The van der Waals surface area contributed by atoms with Gasteiger partial charge in [0.25, 0.3) is 0 Å². The summed E-state index contributed by atoms with van der Waals surface area (Å²) >= 11 is 0. The largest absolute Gasteiger partial charge is 0.481 e. The van der Waals surface area contributed by atoms with Gasteiger partial charge in [-0.25, -0.2) is 0 Å². The molecule has 0 aliphatic carbocycles. The molecule has 2 N–H and O–H groups in total. The third-order valence-electron chi connectivity index (χ3n) is 1.45. The van der Waals surface area contributed by atoms with E-state index >= 15 is 0 Å². The molecule has 0 saturated heterocycles. The van der Waals surface area contributed by atoms with Crippen LogP contribution in [-0.4, -0.2) is 21.8 Å². The zero-order valence-corrected chi connectivity index (χ0v) is 6.90. The summed E-state index contributed by atoms with van der Waals surface area (Å²) in [6, 6.07) is 3.69. The van der Waals surface area contributed by atoms with Crippen LogP contribution < -0.4 is 5.43 Å². The highest BCUT2D eigenvalue weighted by molar-refractivity contribution is 5.67. The number of carboxylic acids is 1. The fourth-order valence-corrected chi connectivity index (χ4v) is 0.983. The minimum Gasteiger partial charge on any atom is -0.481 e. The maximum absolute atomic E-state index is 10.3. The van der Waals surface area contributed by atoms with Crippen LogP contribution in [0.3, 0.4) is 0 Å². The van der Waals surface area contributed by atoms with Gasteiger partial charge in [-0.15, -0.1) is 0 Å². The predicted molar refractivity (Wildman–Crippen MR) is 45.5 cm³/mol. The third-order valence-corrected chi connectivity index (χ3v) is 1.45. The number of aromatic nitrogens is 1. The molecule has 0 bridgehead atoms. The number of hydrogen-bond acceptors (Lipinski definition) is 2. The predicted octanol–water partition coefficient (Wildman–Crippen LogP) is 0.895. The Kier molecular flexibility index (Phi) is 2.74. The van der Waals surface area contributed by atoms with Crippen LogP contribution in [0.1, 0.15) is 13.3 Å². The van der Waals surface area contributed by atoms with E-state index in [0.717, 1.165) is 0 Å². The summed E-state index contributed by atoms with van der Waals surface area (Å²) < 4.78 is 1.74. The quantitative estimate of drug-likeness (QED) is 0.702. The minimum absolute atomic E-state index is 0.0603. The zero-order chi connectivity index (χ0) is 8.97. The maximum Gasteiger partial charge on any atom is 0.305 e. The highest BCUT2D eigenvalue weighted by Crippen LogP contribution is 1.94. The lowest BCUT2D eigenvalue weighted by atomic mass is 10.2. The number of carboxylic acid groups (broad SMARTS) is 1. The Labute approximate surface area is 70.8 Å². The number of nitrogens with zero attached hydrogens (tertiary/aromatic N) is 1. The van der Waals surface area contributed by atoms with Gasteiger partial charge in [0.1, 0.15) is 0 Å². The number of nitrogens with one attached hydrogen (secondary N) is 1. The second kappa shape index (κ2) is 3.80. The van der Waals surface area contributed by atoms with Gasteiger partial charge in [-0.3, -0.25) is 9.47 Å². The summed E-state index contributed by atoms with van der Waals surface area (Å²) in [5.41, 5.74) is 2.99. The lowest BCUT2D eigenvalue weighted by Gasteiger charge is -2.13. The Bertz CT molecular complexity index is 244. The summed E-state index contributed by atoms with van der Waals surface area (Å²) in [5.74, 6) is -0.790. The van der Waals surface area contributed by atoms with Gasteiger partial charge < -0.3 is 10.5 Å². The van der Waals surface area contributed by atoms with Crippen LogP contribution in [0.5, 0.6) is 0 Å². The molecule has 0 aliphatic rings. The summed E-state index contributed by atoms with van der Waals surface area (Å²) in [6.45, 7) is 1.83. The monoisotopic (exact) mass is 168 g/mol. The fourth-order valence-electron chi connectivity index (χ4n) is 0.983. The molecule has 1 atom stereocenters. The van der Waals surface area contributed by atoms with Gasteiger partial charge in [-0.05, 0) is 19.1 Å². The Morgan fingerprint density at radius 3 is 2.67 bits per heavy atom. The van der Waals surface area contributed by atoms with Crippen molar-refractivity contribution in [2.24, 2.45) is 0 Å². The molecule has 12 heavy (non-hydrogen) atoms. The van der Waals surface area contributed by atoms with Gasteiger partial charge in [-0.1, -0.05) is 0 Å². The first-order chi connectivity index (χ1) is 5.68. The normalized spacial score (nSPS) is 12.4. The van der Waals surface area contributed by atoms with Crippen LogP contribution in [0.4, 0.5) is 0 Å². The molecule has 0 amide bonds. The molecule has 66 valence electrons. The summed E-state index contributed by atoms with van der Waals surface area (Å²) in [4.78, 5) is 10.3. The molecule has 0 radical (unpaired) electrons. The van der Waals surface area contributed by atoms with Crippen LogP contribution in [0.15, 0.2) is 24.5 Å². The summed E-state index contributed by atoms with van der Waals surface area (Å²) in [7, 11) is 0. The molecular weight excluding hydrogens is 156 g/mol. The van der Waals surface area contributed by atoms with E-state index in [9.17, 15) is 4.79 Å². The molecule has 4 nitrogen and oxygen atoms in total. The van der Waals surface area contributed by atoms with Crippen molar-refractivity contribution in [2.45, 2.75) is 19.4 Å². The van der Waals surface area contributed by atoms with E-state index in [-0.39, 0.29) is 12.5 Å². The molecule has 1 unspecified atom stereocenters. The lowest BCUT2D eigenvalue weighted by Crippen LogP contribution is -2.26. The standard InChI is InChI=1S/C8H12N2O2/c1-7(6-8(11)12)9-10-4-2-3-5-10/h2-5,7,9H,6H2,1H3,(H,11,12). The third kappa shape index (κ3) is 2.65. The molecule has 1 heterocycles. The summed E-state index contributed by atoms with van der Waals surface area (Å²) in [6.07, 6.45) is 3.79. The number of rotatable bonds is 4. The van der Waals surface area contributed by atoms with E-state index in [1.165, 1.54) is 0 Å². The van der Waals surface area contributed by atoms with Crippen molar-refractivity contribution in [1.29, 1.82) is 0 Å². The molecule has 0 fully saturated rings. The van der Waals surface area contributed by atoms with Crippen molar-refractivity contribution in [1.82, 2.24) is 4.68 Å². The number of aliphatic carboxylic acids is 1. The second-order valence-electron chi connectivity index (χ2n) is 2.72. The summed E-state index contributed by atoms with van der Waals surface area (Å²) in [5, 5.41) is 8.46. The van der Waals surface area contributed by atoms with Gasteiger partial charge in [0.05, 0.1) is 12.5 Å².